The lowest BCUT2D eigenvalue weighted by atomic mass is 10.0. The fraction of sp³-hybridized carbons (Fsp3) is 0.125. The number of allylic oxidation sites excluding steroid dienone is 5. The predicted molar refractivity (Wildman–Crippen MR) is 87.1 cm³/mol. The lowest BCUT2D eigenvalue weighted by molar-refractivity contribution is 0.449. The summed E-state index contributed by atoms with van der Waals surface area (Å²) in [4.78, 5) is 0. The summed E-state index contributed by atoms with van der Waals surface area (Å²) in [5.74, 6) is 1.68. The van der Waals surface area contributed by atoms with E-state index in [0.717, 1.165) is 38.1 Å². The van der Waals surface area contributed by atoms with Crippen molar-refractivity contribution in [3.63, 3.8) is 0 Å². The van der Waals surface area contributed by atoms with Gasteiger partial charge in [0.05, 0.1) is 20.4 Å². The number of benzene rings is 1. The second-order valence-corrected chi connectivity index (χ2v) is 7.66. The van der Waals surface area contributed by atoms with Crippen LogP contribution in [-0.4, -0.2) is 4.32 Å². The Morgan fingerprint density at radius 2 is 1.95 bits per heavy atom. The molecule has 2 aromatic rings. The first kappa shape index (κ1) is 12.5. The second-order valence-electron chi connectivity index (χ2n) is 5.10. The van der Waals surface area contributed by atoms with Gasteiger partial charge in [-0.3, -0.25) is 0 Å². The molecule has 4 heteroatoms. The molecule has 1 aliphatic heterocycles. The maximum Gasteiger partial charge on any atom is 0.152 e. The number of rotatable bonds is 0. The quantitative estimate of drug-likeness (QED) is 0.545. The molecule has 1 atom stereocenters. The van der Waals surface area contributed by atoms with Crippen LogP contribution in [0.5, 0.6) is 5.75 Å². The van der Waals surface area contributed by atoms with Gasteiger partial charge in [0.1, 0.15) is 11.5 Å². The van der Waals surface area contributed by atoms with E-state index in [0.29, 0.717) is 0 Å². The molecule has 2 heterocycles. The number of hydrogen-bond acceptors (Lipinski definition) is 2. The van der Waals surface area contributed by atoms with Crippen molar-refractivity contribution >= 4 is 48.4 Å². The first-order valence-corrected chi connectivity index (χ1v) is 7.83. The Labute approximate surface area is 133 Å². The Morgan fingerprint density at radius 3 is 2.80 bits per heavy atom. The summed E-state index contributed by atoms with van der Waals surface area (Å²) in [6, 6.07) is 3.91. The molecule has 0 fully saturated rings. The topological polar surface area (TPSA) is 22.4 Å². The highest BCUT2D eigenvalue weighted by Crippen LogP contribution is 2.45. The third-order valence-electron chi connectivity index (χ3n) is 3.55. The molecular formula is C16H10Br2O2. The van der Waals surface area contributed by atoms with E-state index in [9.17, 15) is 0 Å². The van der Waals surface area contributed by atoms with Gasteiger partial charge in [-0.05, 0) is 41.1 Å². The Kier molecular flexibility index (Phi) is 2.57. The Bertz CT molecular complexity index is 822. The third kappa shape index (κ3) is 1.75. The highest BCUT2D eigenvalue weighted by atomic mass is 79.9. The predicted octanol–water partition coefficient (Wildman–Crippen LogP) is 5.58. The van der Waals surface area contributed by atoms with Crippen molar-refractivity contribution in [1.82, 2.24) is 0 Å². The zero-order valence-corrected chi connectivity index (χ0v) is 13.8. The number of alkyl halides is 1. The second kappa shape index (κ2) is 4.12. The Balaban J connectivity index is 2.01. The molecule has 1 aliphatic carbocycles. The van der Waals surface area contributed by atoms with E-state index < -0.39 is 0 Å². The average molecular weight is 394 g/mol. The van der Waals surface area contributed by atoms with Gasteiger partial charge in [0, 0.05) is 11.1 Å². The molecule has 1 aromatic heterocycles. The Morgan fingerprint density at radius 1 is 1.15 bits per heavy atom. The summed E-state index contributed by atoms with van der Waals surface area (Å²) in [5, 5.41) is 1.02. The van der Waals surface area contributed by atoms with Crippen LogP contribution in [0.25, 0.3) is 16.5 Å². The zero-order chi connectivity index (χ0) is 13.9. The number of hydrogen-bond donors (Lipinski definition) is 0. The number of furan rings is 1. The molecule has 1 unspecified atom stereocenters. The Hall–Kier alpha value is -1.26. The standard InChI is InChI=1S/C16H10Br2O2/c1-16(18)6-4-9-10-8-19-15-11(17)2-3-13(14(10)15)20-12(9)5-7-16/h2-8H,1H3. The molecule has 0 N–H and O–H groups in total. The van der Waals surface area contributed by atoms with Crippen LogP contribution in [0.2, 0.25) is 0 Å². The zero-order valence-electron chi connectivity index (χ0n) is 10.6. The molecule has 0 spiro atoms. The SMILES string of the molecule is CC1(Br)C=CC2=C(C=C1)c1coc3c(Br)ccc(c13)O2. The highest BCUT2D eigenvalue weighted by molar-refractivity contribution is 9.10. The maximum absolute atomic E-state index is 6.03. The third-order valence-corrected chi connectivity index (χ3v) is 4.70. The van der Waals surface area contributed by atoms with Crippen LogP contribution in [0.4, 0.5) is 0 Å². The minimum atomic E-state index is -0.163. The van der Waals surface area contributed by atoms with Crippen LogP contribution in [0.15, 0.2) is 57.3 Å². The maximum atomic E-state index is 6.03. The molecule has 0 amide bonds. The largest absolute Gasteiger partial charge is 0.462 e. The van der Waals surface area contributed by atoms with Gasteiger partial charge in [-0.2, -0.15) is 0 Å². The highest BCUT2D eigenvalue weighted by Gasteiger charge is 2.26. The van der Waals surface area contributed by atoms with Crippen molar-refractivity contribution in [3.8, 4) is 5.75 Å². The number of halogens is 2. The molecule has 100 valence electrons. The molecule has 0 bridgehead atoms. The van der Waals surface area contributed by atoms with Gasteiger partial charge >= 0.3 is 0 Å². The summed E-state index contributed by atoms with van der Waals surface area (Å²) in [7, 11) is 0. The minimum absolute atomic E-state index is 0.163. The first-order valence-electron chi connectivity index (χ1n) is 6.25. The van der Waals surface area contributed by atoms with Crippen LogP contribution in [0.3, 0.4) is 0 Å². The molecule has 0 radical (unpaired) electrons. The van der Waals surface area contributed by atoms with E-state index in [-0.39, 0.29) is 4.32 Å². The molecule has 1 aromatic carbocycles. The summed E-state index contributed by atoms with van der Waals surface area (Å²) in [6.07, 6.45) is 10.1. The van der Waals surface area contributed by atoms with Crippen LogP contribution < -0.4 is 4.74 Å². The van der Waals surface area contributed by atoms with Crippen molar-refractivity contribution < 1.29 is 9.15 Å². The van der Waals surface area contributed by atoms with Crippen molar-refractivity contribution in [2.24, 2.45) is 0 Å². The van der Waals surface area contributed by atoms with Gasteiger partial charge in [-0.25, -0.2) is 0 Å². The van der Waals surface area contributed by atoms with Gasteiger partial charge in [0.2, 0.25) is 0 Å². The first-order chi connectivity index (χ1) is 9.55. The molecule has 0 saturated heterocycles. The van der Waals surface area contributed by atoms with Crippen molar-refractivity contribution in [1.29, 1.82) is 0 Å². The fourth-order valence-corrected chi connectivity index (χ4v) is 3.20. The molecule has 0 saturated carbocycles. The van der Waals surface area contributed by atoms with Gasteiger partial charge < -0.3 is 9.15 Å². The van der Waals surface area contributed by atoms with E-state index in [4.69, 9.17) is 9.15 Å². The van der Waals surface area contributed by atoms with Crippen molar-refractivity contribution in [3.05, 3.63) is 58.5 Å². The number of ether oxygens (including phenoxy) is 1. The van der Waals surface area contributed by atoms with Crippen molar-refractivity contribution in [2.45, 2.75) is 11.2 Å². The molecule has 4 rings (SSSR count). The average Bonchev–Trinajstić information content (AvgIpc) is 2.79. The monoisotopic (exact) mass is 392 g/mol. The molecule has 2 nitrogen and oxygen atoms in total. The van der Waals surface area contributed by atoms with Gasteiger partial charge in [0.15, 0.2) is 5.58 Å². The van der Waals surface area contributed by atoms with Gasteiger partial charge in [-0.15, -0.1) is 0 Å². The summed E-state index contributed by atoms with van der Waals surface area (Å²) in [6.45, 7) is 2.09. The normalized spacial score (nSPS) is 23.8. The molecule has 20 heavy (non-hydrogen) atoms. The van der Waals surface area contributed by atoms with Crippen LogP contribution in [0, 0.1) is 0 Å². The molecular weight excluding hydrogens is 384 g/mol. The van der Waals surface area contributed by atoms with Gasteiger partial charge in [0.25, 0.3) is 0 Å². The van der Waals surface area contributed by atoms with E-state index in [1.54, 1.807) is 6.26 Å². The number of fused-ring (bicyclic) bond motifs is 1. The fourth-order valence-electron chi connectivity index (χ4n) is 2.51. The minimum Gasteiger partial charge on any atom is -0.462 e. The van der Waals surface area contributed by atoms with Crippen LogP contribution >= 0.6 is 31.9 Å². The molecule has 2 aliphatic rings. The van der Waals surface area contributed by atoms with E-state index in [2.05, 4.69) is 57.0 Å². The smallest absolute Gasteiger partial charge is 0.152 e. The van der Waals surface area contributed by atoms with E-state index in [1.807, 2.05) is 18.2 Å². The summed E-state index contributed by atoms with van der Waals surface area (Å²) in [5.41, 5.74) is 2.95. The van der Waals surface area contributed by atoms with Gasteiger partial charge in [-0.1, -0.05) is 34.2 Å². The lowest BCUT2D eigenvalue weighted by Crippen LogP contribution is -2.05. The van der Waals surface area contributed by atoms with Crippen LogP contribution in [-0.2, 0) is 0 Å². The summed E-state index contributed by atoms with van der Waals surface area (Å²) < 4.78 is 12.5. The van der Waals surface area contributed by atoms with Crippen LogP contribution in [0.1, 0.15) is 12.5 Å². The van der Waals surface area contributed by atoms with Crippen molar-refractivity contribution in [2.75, 3.05) is 0 Å². The van der Waals surface area contributed by atoms with E-state index >= 15 is 0 Å². The summed E-state index contributed by atoms with van der Waals surface area (Å²) >= 11 is 7.18. The van der Waals surface area contributed by atoms with E-state index in [1.165, 1.54) is 0 Å². The lowest BCUT2D eigenvalue weighted by Gasteiger charge is -2.17.